The molecule has 0 saturated carbocycles. The first-order valence-corrected chi connectivity index (χ1v) is 11.9. The summed E-state index contributed by atoms with van der Waals surface area (Å²) >= 11 is 2.99. The predicted molar refractivity (Wildman–Crippen MR) is 122 cm³/mol. The Labute approximate surface area is 184 Å². The fourth-order valence-corrected chi connectivity index (χ4v) is 4.88. The summed E-state index contributed by atoms with van der Waals surface area (Å²) < 4.78 is 0. The number of hydrogen-bond donors (Lipinski definition) is 1. The SMILES string of the molecule is CCc1nnc(NC(=O)Cc2csc(-c3cccc(CN4CCN(C)CC4)c3)n2)s1. The maximum Gasteiger partial charge on any atom is 0.232 e. The van der Waals surface area contributed by atoms with Gasteiger partial charge in [-0.3, -0.25) is 9.69 Å². The number of aryl methyl sites for hydroxylation is 1. The van der Waals surface area contributed by atoms with Gasteiger partial charge in [-0.15, -0.1) is 21.5 Å². The number of carbonyl (C=O) groups excluding carboxylic acids is 1. The number of nitrogens with one attached hydrogen (secondary N) is 1. The van der Waals surface area contributed by atoms with E-state index in [0.717, 1.165) is 60.4 Å². The average molecular weight is 443 g/mol. The molecular formula is C21H26N6OS2. The number of aromatic nitrogens is 3. The minimum Gasteiger partial charge on any atom is -0.304 e. The van der Waals surface area contributed by atoms with E-state index in [2.05, 4.69) is 61.6 Å². The van der Waals surface area contributed by atoms with Crippen LogP contribution in [0.3, 0.4) is 0 Å². The quantitative estimate of drug-likeness (QED) is 0.606. The van der Waals surface area contributed by atoms with Gasteiger partial charge in [-0.1, -0.05) is 36.5 Å². The summed E-state index contributed by atoms with van der Waals surface area (Å²) in [5, 5.41) is 15.2. The Balaban J connectivity index is 1.36. The number of rotatable bonds is 7. The van der Waals surface area contributed by atoms with Crippen molar-refractivity contribution in [2.24, 2.45) is 0 Å². The van der Waals surface area contributed by atoms with Crippen LogP contribution in [-0.4, -0.2) is 64.1 Å². The van der Waals surface area contributed by atoms with Gasteiger partial charge in [0.25, 0.3) is 0 Å². The van der Waals surface area contributed by atoms with Crippen LogP contribution in [0.2, 0.25) is 0 Å². The zero-order valence-corrected chi connectivity index (χ0v) is 18.9. The number of thiazole rings is 1. The lowest BCUT2D eigenvalue weighted by Gasteiger charge is -2.32. The van der Waals surface area contributed by atoms with E-state index in [-0.39, 0.29) is 12.3 Å². The Kier molecular flexibility index (Phi) is 6.83. The lowest BCUT2D eigenvalue weighted by molar-refractivity contribution is -0.115. The van der Waals surface area contributed by atoms with Crippen LogP contribution >= 0.6 is 22.7 Å². The standard InChI is InChI=1S/C21H26N6OS2/c1-3-19-24-25-21(30-19)23-18(28)12-17-14-29-20(22-17)16-6-4-5-15(11-16)13-27-9-7-26(2)8-10-27/h4-6,11,14H,3,7-10,12-13H2,1-2H3,(H,23,25,28). The fourth-order valence-electron chi connectivity index (χ4n) is 3.36. The molecule has 1 amide bonds. The van der Waals surface area contributed by atoms with Crippen LogP contribution in [0.25, 0.3) is 10.6 Å². The normalized spacial score (nSPS) is 15.4. The van der Waals surface area contributed by atoms with E-state index in [9.17, 15) is 4.79 Å². The van der Waals surface area contributed by atoms with Crippen molar-refractivity contribution in [1.29, 1.82) is 0 Å². The second kappa shape index (κ2) is 9.74. The molecule has 0 atom stereocenters. The molecule has 158 valence electrons. The Hall–Kier alpha value is -2.20. The van der Waals surface area contributed by atoms with Crippen LogP contribution in [0.5, 0.6) is 0 Å². The fraction of sp³-hybridized carbons (Fsp3) is 0.429. The molecule has 4 rings (SSSR count). The second-order valence-corrected chi connectivity index (χ2v) is 9.42. The van der Waals surface area contributed by atoms with Gasteiger partial charge >= 0.3 is 0 Å². The molecule has 2 aromatic heterocycles. The van der Waals surface area contributed by atoms with E-state index in [1.54, 1.807) is 11.3 Å². The van der Waals surface area contributed by atoms with Gasteiger partial charge in [0.1, 0.15) is 10.0 Å². The van der Waals surface area contributed by atoms with Crippen LogP contribution < -0.4 is 5.32 Å². The third-order valence-electron chi connectivity index (χ3n) is 5.09. The average Bonchev–Trinajstić information content (AvgIpc) is 3.39. The van der Waals surface area contributed by atoms with Crippen molar-refractivity contribution in [1.82, 2.24) is 25.0 Å². The molecule has 1 fully saturated rings. The van der Waals surface area contributed by atoms with Crippen LogP contribution in [0.15, 0.2) is 29.6 Å². The summed E-state index contributed by atoms with van der Waals surface area (Å²) in [7, 11) is 2.18. The molecule has 3 aromatic rings. The molecule has 7 nitrogen and oxygen atoms in total. The molecule has 0 bridgehead atoms. The first-order valence-electron chi connectivity index (χ1n) is 10.2. The van der Waals surface area contributed by atoms with Crippen molar-refractivity contribution in [3.63, 3.8) is 0 Å². The first-order chi connectivity index (χ1) is 14.6. The molecule has 0 aliphatic carbocycles. The van der Waals surface area contributed by atoms with Crippen molar-refractivity contribution < 1.29 is 4.79 Å². The summed E-state index contributed by atoms with van der Waals surface area (Å²) in [6, 6.07) is 8.57. The number of anilines is 1. The smallest absolute Gasteiger partial charge is 0.232 e. The molecule has 9 heteroatoms. The minimum atomic E-state index is -0.116. The van der Waals surface area contributed by atoms with E-state index < -0.39 is 0 Å². The number of likely N-dealkylation sites (N-methyl/N-ethyl adjacent to an activating group) is 1. The number of amides is 1. The van der Waals surface area contributed by atoms with Gasteiger partial charge in [-0.25, -0.2) is 4.98 Å². The van der Waals surface area contributed by atoms with Crippen molar-refractivity contribution in [2.75, 3.05) is 38.5 Å². The molecule has 1 N–H and O–H groups in total. The van der Waals surface area contributed by atoms with Gasteiger partial charge in [-0.2, -0.15) is 0 Å². The minimum absolute atomic E-state index is 0.116. The monoisotopic (exact) mass is 442 g/mol. The summed E-state index contributed by atoms with van der Waals surface area (Å²) in [4.78, 5) is 21.9. The lowest BCUT2D eigenvalue weighted by Crippen LogP contribution is -2.43. The van der Waals surface area contributed by atoms with Gasteiger partial charge < -0.3 is 10.2 Å². The Morgan fingerprint density at radius 3 is 2.80 bits per heavy atom. The van der Waals surface area contributed by atoms with Crippen LogP contribution in [0, 0.1) is 0 Å². The van der Waals surface area contributed by atoms with Crippen LogP contribution in [0.4, 0.5) is 5.13 Å². The van der Waals surface area contributed by atoms with Crippen molar-refractivity contribution in [3.05, 3.63) is 45.9 Å². The highest BCUT2D eigenvalue weighted by Crippen LogP contribution is 2.25. The van der Waals surface area contributed by atoms with Crippen LogP contribution in [0.1, 0.15) is 23.2 Å². The molecule has 0 unspecified atom stereocenters. The summed E-state index contributed by atoms with van der Waals surface area (Å²) in [6.07, 6.45) is 1.05. The summed E-state index contributed by atoms with van der Waals surface area (Å²) in [6.45, 7) is 7.42. The number of nitrogens with zero attached hydrogens (tertiary/aromatic N) is 5. The molecular weight excluding hydrogens is 416 g/mol. The van der Waals surface area contributed by atoms with Gasteiger partial charge in [-0.05, 0) is 25.1 Å². The second-order valence-electron chi connectivity index (χ2n) is 7.50. The Bertz CT molecular complexity index is 993. The van der Waals surface area contributed by atoms with Gasteiger partial charge in [0, 0.05) is 43.7 Å². The van der Waals surface area contributed by atoms with Gasteiger partial charge in [0.05, 0.1) is 12.1 Å². The lowest BCUT2D eigenvalue weighted by atomic mass is 10.1. The topological polar surface area (TPSA) is 74.2 Å². The van der Waals surface area contributed by atoms with E-state index in [1.807, 2.05) is 12.3 Å². The van der Waals surface area contributed by atoms with Gasteiger partial charge in [0.15, 0.2) is 0 Å². The Morgan fingerprint density at radius 1 is 1.20 bits per heavy atom. The van der Waals surface area contributed by atoms with Crippen molar-refractivity contribution in [3.8, 4) is 10.6 Å². The molecule has 1 saturated heterocycles. The van der Waals surface area contributed by atoms with E-state index in [1.165, 1.54) is 16.9 Å². The Morgan fingerprint density at radius 2 is 2.03 bits per heavy atom. The maximum atomic E-state index is 12.3. The number of carbonyl (C=O) groups is 1. The highest BCUT2D eigenvalue weighted by Gasteiger charge is 2.15. The largest absolute Gasteiger partial charge is 0.304 e. The number of hydrogen-bond acceptors (Lipinski definition) is 8. The van der Waals surface area contributed by atoms with Crippen molar-refractivity contribution in [2.45, 2.75) is 26.3 Å². The summed E-state index contributed by atoms with van der Waals surface area (Å²) in [5.41, 5.74) is 3.18. The highest BCUT2D eigenvalue weighted by atomic mass is 32.1. The first kappa shape index (κ1) is 21.0. The zero-order valence-electron chi connectivity index (χ0n) is 17.3. The van der Waals surface area contributed by atoms with E-state index in [4.69, 9.17) is 0 Å². The highest BCUT2D eigenvalue weighted by molar-refractivity contribution is 7.15. The number of piperazine rings is 1. The molecule has 1 aliphatic rings. The van der Waals surface area contributed by atoms with E-state index >= 15 is 0 Å². The summed E-state index contributed by atoms with van der Waals surface area (Å²) in [5.74, 6) is -0.116. The zero-order chi connectivity index (χ0) is 20.9. The van der Waals surface area contributed by atoms with Crippen molar-refractivity contribution >= 4 is 33.7 Å². The van der Waals surface area contributed by atoms with E-state index in [0.29, 0.717) is 5.13 Å². The predicted octanol–water partition coefficient (Wildman–Crippen LogP) is 3.15. The molecule has 0 radical (unpaired) electrons. The number of benzene rings is 1. The molecule has 1 aliphatic heterocycles. The third-order valence-corrected chi connectivity index (χ3v) is 7.01. The molecule has 1 aromatic carbocycles. The molecule has 30 heavy (non-hydrogen) atoms. The molecule has 0 spiro atoms. The van der Waals surface area contributed by atoms with Gasteiger partial charge in [0.2, 0.25) is 11.0 Å². The third kappa shape index (κ3) is 5.48. The van der Waals surface area contributed by atoms with Crippen LogP contribution in [-0.2, 0) is 24.2 Å². The molecule has 3 heterocycles. The maximum absolute atomic E-state index is 12.3.